The van der Waals surface area contributed by atoms with E-state index in [2.05, 4.69) is 159 Å². The zero-order valence-corrected chi connectivity index (χ0v) is 25.4. The average Bonchev–Trinajstić information content (AvgIpc) is 3.48. The summed E-state index contributed by atoms with van der Waals surface area (Å²) in [5.74, 6) is 0. The highest BCUT2D eigenvalue weighted by Crippen LogP contribution is 2.41. The Balaban J connectivity index is 1.50. The van der Waals surface area contributed by atoms with Gasteiger partial charge in [0.05, 0.1) is 27.8 Å². The summed E-state index contributed by atoms with van der Waals surface area (Å²) in [5, 5.41) is 5.20. The third kappa shape index (κ3) is 3.94. The molecule has 0 spiro atoms. The van der Waals surface area contributed by atoms with Crippen molar-refractivity contribution in [3.05, 3.63) is 143 Å². The van der Waals surface area contributed by atoms with E-state index in [1.54, 1.807) is 0 Å². The van der Waals surface area contributed by atoms with Gasteiger partial charge in [0.15, 0.2) is 0 Å². The molecule has 0 saturated heterocycles. The predicted octanol–water partition coefficient (Wildman–Crippen LogP) is 11.1. The quantitative estimate of drug-likeness (QED) is 0.206. The molecule has 0 saturated carbocycles. The molecule has 0 bridgehead atoms. The second-order valence-corrected chi connectivity index (χ2v) is 12.3. The van der Waals surface area contributed by atoms with Gasteiger partial charge in [-0.3, -0.25) is 0 Å². The zero-order chi connectivity index (χ0) is 29.4. The molecule has 0 aliphatic heterocycles. The van der Waals surface area contributed by atoms with Gasteiger partial charge < -0.3 is 9.13 Å². The summed E-state index contributed by atoms with van der Waals surface area (Å²) in [6.07, 6.45) is 0. The van der Waals surface area contributed by atoms with Crippen LogP contribution < -0.4 is 0 Å². The molecule has 2 nitrogen and oxygen atoms in total. The summed E-state index contributed by atoms with van der Waals surface area (Å²) < 4.78 is 4.94. The lowest BCUT2D eigenvalue weighted by Gasteiger charge is -2.20. The van der Waals surface area contributed by atoms with Gasteiger partial charge in [-0.05, 0) is 106 Å². The fourth-order valence-electron chi connectivity index (χ4n) is 7.05. The summed E-state index contributed by atoms with van der Waals surface area (Å²) >= 11 is 0. The van der Waals surface area contributed by atoms with Crippen LogP contribution in [0.5, 0.6) is 0 Å². The van der Waals surface area contributed by atoms with E-state index in [1.807, 2.05) is 0 Å². The van der Waals surface area contributed by atoms with Crippen molar-refractivity contribution in [1.82, 2.24) is 9.13 Å². The van der Waals surface area contributed by atoms with E-state index in [1.165, 1.54) is 93.9 Å². The van der Waals surface area contributed by atoms with Gasteiger partial charge in [0.2, 0.25) is 0 Å². The van der Waals surface area contributed by atoms with Crippen LogP contribution in [-0.4, -0.2) is 9.13 Å². The lowest BCUT2D eigenvalue weighted by Crippen LogP contribution is -2.04. The van der Waals surface area contributed by atoms with Crippen LogP contribution >= 0.6 is 0 Å². The molecule has 0 radical (unpaired) electrons. The van der Waals surface area contributed by atoms with Gasteiger partial charge in [-0.1, -0.05) is 76.9 Å². The van der Waals surface area contributed by atoms with Gasteiger partial charge in [-0.15, -0.1) is 0 Å². The van der Waals surface area contributed by atoms with Crippen molar-refractivity contribution >= 4 is 43.6 Å². The Hall–Kier alpha value is -5.08. The molecule has 0 unspecified atom stereocenters. The first kappa shape index (κ1) is 25.6. The summed E-state index contributed by atoms with van der Waals surface area (Å²) in [7, 11) is 0. The number of aromatic nitrogens is 2. The summed E-state index contributed by atoms with van der Waals surface area (Å²) in [5.41, 5.74) is 16.2. The van der Waals surface area contributed by atoms with E-state index in [4.69, 9.17) is 0 Å². The zero-order valence-electron chi connectivity index (χ0n) is 25.4. The van der Waals surface area contributed by atoms with Crippen molar-refractivity contribution in [2.75, 3.05) is 0 Å². The number of nitrogens with zero attached hydrogens (tertiary/aromatic N) is 2. The maximum Gasteiger partial charge on any atom is 0.0571 e. The highest BCUT2D eigenvalue weighted by molar-refractivity contribution is 6.11. The Morgan fingerprint density at radius 1 is 0.395 bits per heavy atom. The largest absolute Gasteiger partial charge is 0.309 e. The van der Waals surface area contributed by atoms with Crippen LogP contribution in [0.2, 0.25) is 0 Å². The van der Waals surface area contributed by atoms with Crippen LogP contribution in [0, 0.1) is 34.6 Å². The minimum absolute atomic E-state index is 1.18. The molecule has 0 N–H and O–H groups in total. The van der Waals surface area contributed by atoms with Gasteiger partial charge in [0.25, 0.3) is 0 Å². The molecule has 0 fully saturated rings. The van der Waals surface area contributed by atoms with E-state index < -0.39 is 0 Å². The van der Waals surface area contributed by atoms with Crippen molar-refractivity contribution in [2.45, 2.75) is 34.6 Å². The van der Waals surface area contributed by atoms with Crippen molar-refractivity contribution in [2.24, 2.45) is 0 Å². The van der Waals surface area contributed by atoms with Crippen molar-refractivity contribution in [3.63, 3.8) is 0 Å². The number of rotatable bonds is 3. The minimum Gasteiger partial charge on any atom is -0.309 e. The smallest absolute Gasteiger partial charge is 0.0571 e. The second-order valence-electron chi connectivity index (χ2n) is 12.3. The first-order valence-corrected chi connectivity index (χ1v) is 15.1. The highest BCUT2D eigenvalue weighted by Gasteiger charge is 2.21. The predicted molar refractivity (Wildman–Crippen MR) is 184 cm³/mol. The number of benzene rings is 6. The lowest BCUT2D eigenvalue weighted by molar-refractivity contribution is 1.12. The maximum absolute atomic E-state index is 2.49. The van der Waals surface area contributed by atoms with E-state index in [9.17, 15) is 0 Å². The molecule has 0 atom stereocenters. The summed E-state index contributed by atoms with van der Waals surface area (Å²) in [4.78, 5) is 0. The van der Waals surface area contributed by atoms with Crippen molar-refractivity contribution < 1.29 is 0 Å². The lowest BCUT2D eigenvalue weighted by atomic mass is 9.98. The number of hydrogen-bond donors (Lipinski definition) is 0. The average molecular weight is 555 g/mol. The monoisotopic (exact) mass is 554 g/mol. The summed E-state index contributed by atoms with van der Waals surface area (Å²) in [6.45, 7) is 11.0. The molecule has 2 heterocycles. The van der Waals surface area contributed by atoms with Crippen LogP contribution in [0.4, 0.5) is 0 Å². The van der Waals surface area contributed by atoms with E-state index >= 15 is 0 Å². The fraction of sp³-hybridized carbons (Fsp3) is 0.122. The highest BCUT2D eigenvalue weighted by atomic mass is 15.0. The first-order valence-electron chi connectivity index (χ1n) is 15.1. The third-order valence-corrected chi connectivity index (χ3v) is 9.00. The molecular weight excluding hydrogens is 520 g/mol. The minimum atomic E-state index is 1.18. The Labute approximate surface area is 252 Å². The van der Waals surface area contributed by atoms with E-state index in [-0.39, 0.29) is 0 Å². The standard InChI is InChI=1S/C41H34N2/c1-25-11-15-37-33(19-25)34-20-26(2)12-16-38(34)42(37)31-23-29(5)41(32(24-31)30-9-7-6-8-10-30)43-39-17-13-27(3)21-35(39)36-22-28(4)14-18-40(36)43/h6-24H,1-5H3. The van der Waals surface area contributed by atoms with Gasteiger partial charge >= 0.3 is 0 Å². The second kappa shape index (κ2) is 9.47. The topological polar surface area (TPSA) is 9.86 Å². The Morgan fingerprint density at radius 3 is 1.26 bits per heavy atom. The van der Waals surface area contributed by atoms with Crippen molar-refractivity contribution in [3.8, 4) is 22.5 Å². The molecule has 2 aromatic heterocycles. The number of hydrogen-bond acceptors (Lipinski definition) is 0. The SMILES string of the molecule is Cc1ccc2c(c1)c1cc(C)ccc1n2-c1cc(C)c(-n2c3ccc(C)cc3c3cc(C)ccc32)c(-c2ccccc2)c1. The molecule has 2 heteroatoms. The van der Waals surface area contributed by atoms with Gasteiger partial charge in [0.1, 0.15) is 0 Å². The van der Waals surface area contributed by atoms with E-state index in [0.29, 0.717) is 0 Å². The van der Waals surface area contributed by atoms with Gasteiger partial charge in [0, 0.05) is 32.8 Å². The van der Waals surface area contributed by atoms with Gasteiger partial charge in [-0.25, -0.2) is 0 Å². The summed E-state index contributed by atoms with van der Waals surface area (Å²) in [6, 6.07) is 43.0. The molecule has 6 aromatic carbocycles. The Morgan fingerprint density at radius 2 is 0.814 bits per heavy atom. The molecule has 0 amide bonds. The van der Waals surface area contributed by atoms with E-state index in [0.717, 1.165) is 0 Å². The van der Waals surface area contributed by atoms with Crippen LogP contribution in [-0.2, 0) is 0 Å². The van der Waals surface area contributed by atoms with Crippen molar-refractivity contribution in [1.29, 1.82) is 0 Å². The van der Waals surface area contributed by atoms with Crippen LogP contribution in [0.1, 0.15) is 27.8 Å². The Kier molecular flexibility index (Phi) is 5.64. The fourth-order valence-corrected chi connectivity index (χ4v) is 7.05. The molecule has 0 aliphatic rings. The Bertz CT molecular complexity index is 2260. The maximum atomic E-state index is 2.49. The molecule has 208 valence electrons. The van der Waals surface area contributed by atoms with Crippen LogP contribution in [0.3, 0.4) is 0 Å². The molecule has 43 heavy (non-hydrogen) atoms. The first-order chi connectivity index (χ1) is 20.9. The third-order valence-electron chi connectivity index (χ3n) is 9.00. The van der Waals surface area contributed by atoms with Crippen LogP contribution in [0.15, 0.2) is 115 Å². The molecular formula is C41H34N2. The molecule has 8 aromatic rings. The molecule has 8 rings (SSSR count). The number of fused-ring (bicyclic) bond motifs is 6. The normalized spacial score (nSPS) is 11.8. The number of aryl methyl sites for hydroxylation is 5. The van der Waals surface area contributed by atoms with Crippen LogP contribution in [0.25, 0.3) is 66.1 Å². The molecule has 0 aliphatic carbocycles. The van der Waals surface area contributed by atoms with Gasteiger partial charge in [-0.2, -0.15) is 0 Å².